The number of benzene rings is 1. The second kappa shape index (κ2) is 9.55. The van der Waals surface area contributed by atoms with Crippen molar-refractivity contribution in [2.45, 2.75) is 60.9 Å². The lowest BCUT2D eigenvalue weighted by molar-refractivity contribution is 0.102. The maximum atomic E-state index is 13.1. The van der Waals surface area contributed by atoms with Crippen LogP contribution in [0.1, 0.15) is 55.5 Å². The van der Waals surface area contributed by atoms with E-state index in [9.17, 15) is 13.2 Å². The number of aromatic nitrogens is 2. The van der Waals surface area contributed by atoms with Crippen molar-refractivity contribution in [1.29, 1.82) is 0 Å². The monoisotopic (exact) mass is 454 g/mol. The second-order valence-electron chi connectivity index (χ2n) is 7.29. The van der Waals surface area contributed by atoms with Crippen LogP contribution >= 0.6 is 23.1 Å². The molecule has 0 radical (unpaired) electrons. The van der Waals surface area contributed by atoms with Gasteiger partial charge in [-0.25, -0.2) is 8.42 Å². The van der Waals surface area contributed by atoms with Gasteiger partial charge in [0.25, 0.3) is 5.91 Å². The Labute approximate surface area is 180 Å². The van der Waals surface area contributed by atoms with Crippen molar-refractivity contribution in [2.24, 2.45) is 0 Å². The van der Waals surface area contributed by atoms with Gasteiger partial charge in [-0.3, -0.25) is 10.1 Å². The number of aryl methyl sites for hydroxylation is 1. The number of carbonyl (C=O) groups excluding carboxylic acids is 1. The van der Waals surface area contributed by atoms with E-state index in [0.717, 1.165) is 30.0 Å². The number of hydrogen-bond donors (Lipinski definition) is 1. The van der Waals surface area contributed by atoms with E-state index in [4.69, 9.17) is 0 Å². The zero-order valence-electron chi connectivity index (χ0n) is 16.8. The summed E-state index contributed by atoms with van der Waals surface area (Å²) in [6, 6.07) is 4.73. The zero-order valence-corrected chi connectivity index (χ0v) is 19.3. The SMILES string of the molecule is Cc1ccc(S(=O)(=O)N2CCCCCC2)cc1C(=O)Nc1nnc(SC(C)C)s1. The largest absolute Gasteiger partial charge is 0.296 e. The first-order valence-corrected chi connectivity index (χ1v) is 12.8. The molecule has 2 aromatic rings. The number of nitrogens with one attached hydrogen (secondary N) is 1. The summed E-state index contributed by atoms with van der Waals surface area (Å²) in [7, 11) is -3.62. The van der Waals surface area contributed by atoms with E-state index >= 15 is 0 Å². The predicted octanol–water partition coefficient (Wildman–Crippen LogP) is 4.16. The standard InChI is InChI=1S/C19H26N4O3S3/c1-13(2)27-19-22-21-18(28-19)20-17(24)16-12-15(9-8-14(16)3)29(25,26)23-10-6-4-5-7-11-23/h8-9,12-13H,4-7,10-11H2,1-3H3,(H,20,21,24). The van der Waals surface area contributed by atoms with Gasteiger partial charge < -0.3 is 0 Å². The molecule has 29 heavy (non-hydrogen) atoms. The molecule has 10 heteroatoms. The molecule has 0 spiro atoms. The summed E-state index contributed by atoms with van der Waals surface area (Å²) in [4.78, 5) is 12.9. The maximum absolute atomic E-state index is 13.1. The Morgan fingerprint density at radius 3 is 2.52 bits per heavy atom. The molecule has 0 aliphatic carbocycles. The van der Waals surface area contributed by atoms with Crippen LogP contribution in [-0.2, 0) is 10.0 Å². The van der Waals surface area contributed by atoms with Crippen LogP contribution in [-0.4, -0.2) is 47.2 Å². The van der Waals surface area contributed by atoms with Crippen LogP contribution < -0.4 is 5.32 Å². The van der Waals surface area contributed by atoms with Gasteiger partial charge >= 0.3 is 0 Å². The Hall–Kier alpha value is -1.49. The minimum absolute atomic E-state index is 0.156. The van der Waals surface area contributed by atoms with Crippen LogP contribution in [0.15, 0.2) is 27.4 Å². The molecule has 7 nitrogen and oxygen atoms in total. The number of thioether (sulfide) groups is 1. The summed E-state index contributed by atoms with van der Waals surface area (Å²) >= 11 is 2.88. The van der Waals surface area contributed by atoms with Gasteiger partial charge in [-0.2, -0.15) is 4.31 Å². The summed E-state index contributed by atoms with van der Waals surface area (Å²) < 4.78 is 28.4. The van der Waals surface area contributed by atoms with Gasteiger partial charge in [0.15, 0.2) is 4.34 Å². The molecule has 1 amide bonds. The molecule has 1 fully saturated rings. The highest BCUT2D eigenvalue weighted by molar-refractivity contribution is 8.01. The molecule has 1 aromatic heterocycles. The van der Waals surface area contributed by atoms with Crippen LogP contribution in [0.2, 0.25) is 0 Å². The minimum atomic E-state index is -3.62. The number of anilines is 1. The Morgan fingerprint density at radius 2 is 1.86 bits per heavy atom. The zero-order chi connectivity index (χ0) is 21.0. The van der Waals surface area contributed by atoms with Crippen molar-refractivity contribution in [3.05, 3.63) is 29.3 Å². The second-order valence-corrected chi connectivity index (χ2v) is 12.0. The van der Waals surface area contributed by atoms with E-state index in [1.807, 2.05) is 0 Å². The number of rotatable bonds is 6. The maximum Gasteiger partial charge on any atom is 0.257 e. The predicted molar refractivity (Wildman–Crippen MR) is 117 cm³/mol. The average Bonchev–Trinajstić information content (AvgIpc) is 2.91. The number of hydrogen-bond acceptors (Lipinski definition) is 7. The van der Waals surface area contributed by atoms with Crippen LogP contribution in [0, 0.1) is 6.92 Å². The third-order valence-electron chi connectivity index (χ3n) is 4.62. The number of sulfonamides is 1. The van der Waals surface area contributed by atoms with Crippen molar-refractivity contribution in [3.63, 3.8) is 0 Å². The fraction of sp³-hybridized carbons (Fsp3) is 0.526. The Morgan fingerprint density at radius 1 is 1.17 bits per heavy atom. The lowest BCUT2D eigenvalue weighted by atomic mass is 10.1. The smallest absolute Gasteiger partial charge is 0.257 e. The fourth-order valence-corrected chi connectivity index (χ4v) is 6.63. The van der Waals surface area contributed by atoms with E-state index in [0.29, 0.717) is 34.6 Å². The third kappa shape index (κ3) is 5.56. The normalized spacial score (nSPS) is 16.0. The summed E-state index contributed by atoms with van der Waals surface area (Å²) in [5.74, 6) is -0.382. The van der Waals surface area contributed by atoms with Crippen molar-refractivity contribution >= 4 is 44.2 Å². The highest BCUT2D eigenvalue weighted by Crippen LogP contribution is 2.29. The summed E-state index contributed by atoms with van der Waals surface area (Å²) in [6.45, 7) is 6.96. The number of amides is 1. The molecule has 158 valence electrons. The Bertz CT molecular complexity index is 965. The minimum Gasteiger partial charge on any atom is -0.296 e. The molecule has 1 N–H and O–H groups in total. The van der Waals surface area contributed by atoms with Gasteiger partial charge in [-0.15, -0.1) is 10.2 Å². The highest BCUT2D eigenvalue weighted by atomic mass is 32.2. The number of nitrogens with zero attached hydrogens (tertiary/aromatic N) is 3. The van der Waals surface area contributed by atoms with Crippen molar-refractivity contribution < 1.29 is 13.2 Å². The van der Waals surface area contributed by atoms with E-state index in [1.165, 1.54) is 21.7 Å². The molecule has 3 rings (SSSR count). The molecule has 0 atom stereocenters. The van der Waals surface area contributed by atoms with Crippen LogP contribution in [0.3, 0.4) is 0 Å². The van der Waals surface area contributed by atoms with Gasteiger partial charge in [-0.05, 0) is 37.5 Å². The topological polar surface area (TPSA) is 92.3 Å². The Balaban J connectivity index is 1.81. The van der Waals surface area contributed by atoms with Crippen molar-refractivity contribution in [3.8, 4) is 0 Å². The van der Waals surface area contributed by atoms with Gasteiger partial charge in [0.2, 0.25) is 15.2 Å². The van der Waals surface area contributed by atoms with E-state index in [2.05, 4.69) is 29.4 Å². The molecule has 0 unspecified atom stereocenters. The van der Waals surface area contributed by atoms with E-state index < -0.39 is 10.0 Å². The summed E-state index contributed by atoms with van der Waals surface area (Å²) in [6.07, 6.45) is 3.83. The number of carbonyl (C=O) groups is 1. The molecule has 1 saturated heterocycles. The van der Waals surface area contributed by atoms with Crippen LogP contribution in [0.4, 0.5) is 5.13 Å². The van der Waals surface area contributed by atoms with Gasteiger partial charge in [0.1, 0.15) is 0 Å². The molecule has 2 heterocycles. The third-order valence-corrected chi connectivity index (χ3v) is 8.44. The van der Waals surface area contributed by atoms with Crippen molar-refractivity contribution in [1.82, 2.24) is 14.5 Å². The van der Waals surface area contributed by atoms with Gasteiger partial charge in [0.05, 0.1) is 4.90 Å². The molecular formula is C19H26N4O3S3. The van der Waals surface area contributed by atoms with Crippen LogP contribution in [0.5, 0.6) is 0 Å². The molecular weight excluding hydrogens is 428 g/mol. The van der Waals surface area contributed by atoms with Crippen molar-refractivity contribution in [2.75, 3.05) is 18.4 Å². The molecule has 0 bridgehead atoms. The first-order chi connectivity index (χ1) is 13.8. The van der Waals surface area contributed by atoms with E-state index in [1.54, 1.807) is 30.8 Å². The Kier molecular flexibility index (Phi) is 7.31. The summed E-state index contributed by atoms with van der Waals surface area (Å²) in [5, 5.41) is 11.6. The quantitative estimate of drug-likeness (QED) is 0.520. The molecule has 1 aromatic carbocycles. The van der Waals surface area contributed by atoms with Gasteiger partial charge in [0, 0.05) is 23.9 Å². The first kappa shape index (κ1) is 22.2. The van der Waals surface area contributed by atoms with E-state index in [-0.39, 0.29) is 10.8 Å². The molecule has 0 saturated carbocycles. The molecule has 1 aliphatic rings. The van der Waals surface area contributed by atoms with Gasteiger partial charge in [-0.1, -0.05) is 55.9 Å². The lowest BCUT2D eigenvalue weighted by Crippen LogP contribution is -2.32. The highest BCUT2D eigenvalue weighted by Gasteiger charge is 2.26. The molecule has 1 aliphatic heterocycles. The first-order valence-electron chi connectivity index (χ1n) is 9.69. The van der Waals surface area contributed by atoms with Crippen LogP contribution in [0.25, 0.3) is 0 Å². The average molecular weight is 455 g/mol. The summed E-state index contributed by atoms with van der Waals surface area (Å²) in [5.41, 5.74) is 1.03. The fourth-order valence-electron chi connectivity index (χ4n) is 3.11. The lowest BCUT2D eigenvalue weighted by Gasteiger charge is -2.20.